The van der Waals surface area contributed by atoms with E-state index in [9.17, 15) is 0 Å². The van der Waals surface area contributed by atoms with E-state index < -0.39 is 0 Å². The Labute approximate surface area is 97.1 Å². The lowest BCUT2D eigenvalue weighted by Crippen LogP contribution is -2.00. The minimum absolute atomic E-state index is 0.465. The van der Waals surface area contributed by atoms with Crippen LogP contribution in [0.25, 0.3) is 11.3 Å². The molecule has 2 N–H and O–H groups in total. The average Bonchev–Trinajstić information content (AvgIpc) is 2.61. The largest absolute Gasteiger partial charge is 0.333 e. The summed E-state index contributed by atoms with van der Waals surface area (Å²) in [6.45, 7) is 0.465. The Balaban J connectivity index is 2.52. The highest BCUT2D eigenvalue weighted by Gasteiger charge is 2.09. The van der Waals surface area contributed by atoms with Crippen LogP contribution in [-0.4, -0.2) is 9.55 Å². The number of nitrogens with zero attached hydrogens (tertiary/aromatic N) is 2. The summed E-state index contributed by atoms with van der Waals surface area (Å²) in [5.41, 5.74) is 8.80. The van der Waals surface area contributed by atoms with Crippen LogP contribution < -0.4 is 5.73 Å². The van der Waals surface area contributed by atoms with Gasteiger partial charge in [0, 0.05) is 23.6 Å². The van der Waals surface area contributed by atoms with Crippen LogP contribution in [0.15, 0.2) is 35.1 Å². The molecule has 1 heterocycles. The summed E-state index contributed by atoms with van der Waals surface area (Å²) in [5.74, 6) is 0. The van der Waals surface area contributed by atoms with Gasteiger partial charge in [0.25, 0.3) is 0 Å². The third-order valence-electron chi connectivity index (χ3n) is 2.32. The number of hydrogen-bond acceptors (Lipinski definition) is 2. The normalized spacial score (nSPS) is 10.6. The van der Waals surface area contributed by atoms with Crippen LogP contribution >= 0.6 is 15.9 Å². The highest BCUT2D eigenvalue weighted by atomic mass is 79.9. The van der Waals surface area contributed by atoms with Crippen molar-refractivity contribution in [3.05, 3.63) is 40.8 Å². The predicted octanol–water partition coefficient (Wildman–Crippen LogP) is 2.31. The van der Waals surface area contributed by atoms with Crippen LogP contribution in [0, 0.1) is 0 Å². The summed E-state index contributed by atoms with van der Waals surface area (Å²) >= 11 is 3.42. The smallest absolute Gasteiger partial charge is 0.0952 e. The first kappa shape index (κ1) is 10.4. The van der Waals surface area contributed by atoms with E-state index in [4.69, 9.17) is 5.73 Å². The molecule has 0 saturated carbocycles. The highest BCUT2D eigenvalue weighted by molar-refractivity contribution is 9.10. The molecule has 3 nitrogen and oxygen atoms in total. The maximum atomic E-state index is 5.65. The fourth-order valence-electron chi connectivity index (χ4n) is 1.61. The van der Waals surface area contributed by atoms with Crippen LogP contribution in [0.1, 0.15) is 5.69 Å². The first-order valence-electron chi connectivity index (χ1n) is 4.68. The molecule has 2 rings (SSSR count). The van der Waals surface area contributed by atoms with E-state index in [1.54, 1.807) is 6.33 Å². The Bertz CT molecular complexity index is 459. The van der Waals surface area contributed by atoms with Crippen LogP contribution in [-0.2, 0) is 13.6 Å². The molecule has 0 aliphatic rings. The fourth-order valence-corrected chi connectivity index (χ4v) is 1.87. The predicted molar refractivity (Wildman–Crippen MR) is 64.2 cm³/mol. The molecule has 0 spiro atoms. The molecule has 0 saturated heterocycles. The molecule has 1 aromatic carbocycles. The van der Waals surface area contributed by atoms with Crippen molar-refractivity contribution in [2.24, 2.45) is 12.8 Å². The van der Waals surface area contributed by atoms with E-state index in [0.29, 0.717) is 6.54 Å². The molecular formula is C11H12BrN3. The summed E-state index contributed by atoms with van der Waals surface area (Å²) in [7, 11) is 1.98. The summed E-state index contributed by atoms with van der Waals surface area (Å²) in [5, 5.41) is 0. The summed E-state index contributed by atoms with van der Waals surface area (Å²) in [4.78, 5) is 4.26. The summed E-state index contributed by atoms with van der Waals surface area (Å²) < 4.78 is 3.06. The Morgan fingerprint density at radius 2 is 2.00 bits per heavy atom. The molecule has 0 amide bonds. The molecule has 0 aliphatic heterocycles. The van der Waals surface area contributed by atoms with Crippen molar-refractivity contribution < 1.29 is 0 Å². The molecule has 0 atom stereocenters. The van der Waals surface area contributed by atoms with Crippen molar-refractivity contribution in [3.8, 4) is 11.3 Å². The van der Waals surface area contributed by atoms with Crippen LogP contribution in [0.5, 0.6) is 0 Å². The van der Waals surface area contributed by atoms with E-state index in [1.165, 1.54) is 0 Å². The van der Waals surface area contributed by atoms with E-state index in [-0.39, 0.29) is 0 Å². The van der Waals surface area contributed by atoms with Gasteiger partial charge in [0.2, 0.25) is 0 Å². The Morgan fingerprint density at radius 1 is 1.33 bits per heavy atom. The van der Waals surface area contributed by atoms with Crippen LogP contribution in [0.4, 0.5) is 0 Å². The lowest BCUT2D eigenvalue weighted by Gasteiger charge is -2.05. The van der Waals surface area contributed by atoms with E-state index >= 15 is 0 Å². The maximum absolute atomic E-state index is 5.65. The molecule has 78 valence electrons. The lowest BCUT2D eigenvalue weighted by atomic mass is 10.1. The zero-order chi connectivity index (χ0) is 10.8. The quantitative estimate of drug-likeness (QED) is 0.906. The molecule has 0 aliphatic carbocycles. The monoisotopic (exact) mass is 265 g/mol. The van der Waals surface area contributed by atoms with Gasteiger partial charge in [-0.05, 0) is 12.1 Å². The van der Waals surface area contributed by atoms with Gasteiger partial charge in [0.15, 0.2) is 0 Å². The third-order valence-corrected chi connectivity index (χ3v) is 2.85. The summed E-state index contributed by atoms with van der Waals surface area (Å²) in [6, 6.07) is 8.14. The second-order valence-electron chi connectivity index (χ2n) is 3.36. The summed E-state index contributed by atoms with van der Waals surface area (Å²) in [6.07, 6.45) is 1.79. The number of hydrogen-bond donors (Lipinski definition) is 1. The first-order chi connectivity index (χ1) is 7.22. The number of benzene rings is 1. The molecule has 2 aromatic rings. The zero-order valence-corrected chi connectivity index (χ0v) is 10.0. The molecule has 4 heteroatoms. The van der Waals surface area contributed by atoms with Gasteiger partial charge in [-0.15, -0.1) is 0 Å². The van der Waals surface area contributed by atoms with Crippen molar-refractivity contribution in [2.45, 2.75) is 6.54 Å². The van der Waals surface area contributed by atoms with Crippen molar-refractivity contribution in [1.29, 1.82) is 0 Å². The number of nitrogens with two attached hydrogens (primary N) is 1. The van der Waals surface area contributed by atoms with E-state index in [1.807, 2.05) is 23.7 Å². The minimum atomic E-state index is 0.465. The highest BCUT2D eigenvalue weighted by Crippen LogP contribution is 2.23. The van der Waals surface area contributed by atoms with Gasteiger partial charge >= 0.3 is 0 Å². The maximum Gasteiger partial charge on any atom is 0.0952 e. The van der Waals surface area contributed by atoms with Gasteiger partial charge in [0.05, 0.1) is 17.7 Å². The van der Waals surface area contributed by atoms with Crippen molar-refractivity contribution in [1.82, 2.24) is 9.55 Å². The standard InChI is InChI=1S/C11H12BrN3/c1-15-7-14-10(6-13)11(15)8-2-4-9(12)5-3-8/h2-5,7H,6,13H2,1H3. The lowest BCUT2D eigenvalue weighted by molar-refractivity contribution is 0.920. The third kappa shape index (κ3) is 1.96. The van der Waals surface area contributed by atoms with Gasteiger partial charge in [-0.3, -0.25) is 0 Å². The van der Waals surface area contributed by atoms with E-state index in [0.717, 1.165) is 21.4 Å². The molecular weight excluding hydrogens is 254 g/mol. The van der Waals surface area contributed by atoms with Crippen LogP contribution in [0.3, 0.4) is 0 Å². The van der Waals surface area contributed by atoms with Gasteiger partial charge < -0.3 is 10.3 Å². The van der Waals surface area contributed by atoms with Gasteiger partial charge in [-0.2, -0.15) is 0 Å². The second kappa shape index (κ2) is 4.16. The molecule has 0 bridgehead atoms. The molecule has 0 radical (unpaired) electrons. The second-order valence-corrected chi connectivity index (χ2v) is 4.28. The number of imidazole rings is 1. The molecule has 0 unspecified atom stereocenters. The van der Waals surface area contributed by atoms with Crippen molar-refractivity contribution in [3.63, 3.8) is 0 Å². The van der Waals surface area contributed by atoms with Crippen molar-refractivity contribution >= 4 is 15.9 Å². The number of halogens is 1. The number of rotatable bonds is 2. The minimum Gasteiger partial charge on any atom is -0.333 e. The van der Waals surface area contributed by atoms with E-state index in [2.05, 4.69) is 33.0 Å². The topological polar surface area (TPSA) is 43.8 Å². The number of aromatic nitrogens is 2. The average molecular weight is 266 g/mol. The van der Waals surface area contributed by atoms with Gasteiger partial charge in [-0.1, -0.05) is 28.1 Å². The SMILES string of the molecule is Cn1cnc(CN)c1-c1ccc(Br)cc1. The Morgan fingerprint density at radius 3 is 2.60 bits per heavy atom. The fraction of sp³-hybridized carbons (Fsp3) is 0.182. The zero-order valence-electron chi connectivity index (χ0n) is 8.44. The molecule has 0 fully saturated rings. The van der Waals surface area contributed by atoms with Crippen molar-refractivity contribution in [2.75, 3.05) is 0 Å². The molecule has 15 heavy (non-hydrogen) atoms. The van der Waals surface area contributed by atoms with Gasteiger partial charge in [-0.25, -0.2) is 4.98 Å². The first-order valence-corrected chi connectivity index (χ1v) is 5.48. The van der Waals surface area contributed by atoms with Gasteiger partial charge in [0.1, 0.15) is 0 Å². The Hall–Kier alpha value is -1.13. The van der Waals surface area contributed by atoms with Crippen LogP contribution in [0.2, 0.25) is 0 Å². The molecule has 1 aromatic heterocycles. The Kier molecular flexibility index (Phi) is 2.88. The number of aryl methyl sites for hydroxylation is 1.